The monoisotopic (exact) mass is 245 g/mol. The van der Waals surface area contributed by atoms with Crippen molar-refractivity contribution in [2.24, 2.45) is 0 Å². The van der Waals surface area contributed by atoms with Crippen molar-refractivity contribution in [3.63, 3.8) is 0 Å². The zero-order valence-corrected chi connectivity index (χ0v) is 9.74. The Morgan fingerprint density at radius 3 is 2.78 bits per heavy atom. The molecular formula is C12H11N3O3. The maximum atomic E-state index is 11.7. The average Bonchev–Trinajstić information content (AvgIpc) is 2.40. The third-order valence-corrected chi connectivity index (χ3v) is 2.28. The van der Waals surface area contributed by atoms with Crippen LogP contribution in [-0.4, -0.2) is 22.9 Å². The van der Waals surface area contributed by atoms with Crippen LogP contribution in [-0.2, 0) is 4.74 Å². The van der Waals surface area contributed by atoms with E-state index in [1.807, 2.05) is 6.07 Å². The number of rotatable bonds is 3. The maximum Gasteiger partial charge on any atom is 0.386 e. The first kappa shape index (κ1) is 12.0. The number of hydrogen-bond donors (Lipinski definition) is 0. The third kappa shape index (κ3) is 2.42. The molecule has 18 heavy (non-hydrogen) atoms. The molecule has 0 aliphatic heterocycles. The van der Waals surface area contributed by atoms with Crippen molar-refractivity contribution in [1.29, 1.82) is 0 Å². The predicted molar refractivity (Wildman–Crippen MR) is 62.4 cm³/mol. The summed E-state index contributed by atoms with van der Waals surface area (Å²) in [6.07, 6.45) is 1.20. The van der Waals surface area contributed by atoms with Gasteiger partial charge in [-0.1, -0.05) is 30.3 Å². The zero-order valence-electron chi connectivity index (χ0n) is 9.74. The lowest BCUT2D eigenvalue weighted by Crippen LogP contribution is -2.33. The lowest BCUT2D eigenvalue weighted by atomic mass is 10.1. The van der Waals surface area contributed by atoms with Crippen LogP contribution < -0.4 is 4.85 Å². The second kappa shape index (κ2) is 5.22. The van der Waals surface area contributed by atoms with Crippen molar-refractivity contribution in [2.45, 2.75) is 6.92 Å². The molecule has 0 aliphatic carbocycles. The molecular weight excluding hydrogens is 234 g/mol. The summed E-state index contributed by atoms with van der Waals surface area (Å²) in [6, 6.07) is 9.01. The summed E-state index contributed by atoms with van der Waals surface area (Å²) < 4.78 is 4.88. The molecule has 1 heterocycles. The van der Waals surface area contributed by atoms with E-state index >= 15 is 0 Å². The van der Waals surface area contributed by atoms with Crippen molar-refractivity contribution in [2.75, 3.05) is 6.61 Å². The molecule has 0 atom stereocenters. The first-order valence-corrected chi connectivity index (χ1v) is 5.42. The number of nitrogens with zero attached hydrogens (tertiary/aromatic N) is 3. The summed E-state index contributed by atoms with van der Waals surface area (Å²) in [4.78, 5) is 12.0. The first-order chi connectivity index (χ1) is 8.72. The second-order valence-electron chi connectivity index (χ2n) is 3.47. The normalized spacial score (nSPS) is 10.1. The minimum atomic E-state index is -0.593. The molecule has 0 N–H and O–H groups in total. The Balaban J connectivity index is 2.51. The summed E-state index contributed by atoms with van der Waals surface area (Å²) >= 11 is 0. The zero-order chi connectivity index (χ0) is 13.0. The Morgan fingerprint density at radius 1 is 1.39 bits per heavy atom. The highest BCUT2D eigenvalue weighted by atomic mass is 16.5. The molecule has 0 unspecified atom stereocenters. The van der Waals surface area contributed by atoms with Gasteiger partial charge >= 0.3 is 5.97 Å². The molecule has 6 nitrogen and oxygen atoms in total. The van der Waals surface area contributed by atoms with Crippen LogP contribution in [0.15, 0.2) is 36.5 Å². The van der Waals surface area contributed by atoms with Gasteiger partial charge in [-0.25, -0.2) is 4.79 Å². The van der Waals surface area contributed by atoms with Crippen LogP contribution in [0, 0.1) is 5.21 Å². The highest BCUT2D eigenvalue weighted by Crippen LogP contribution is 2.20. The Morgan fingerprint density at radius 2 is 2.11 bits per heavy atom. The summed E-state index contributed by atoms with van der Waals surface area (Å²) in [5, 5.41) is 18.1. The number of aromatic nitrogens is 3. The molecule has 1 aromatic heterocycles. The smallest absolute Gasteiger partial charge is 0.386 e. The van der Waals surface area contributed by atoms with Crippen LogP contribution in [0.4, 0.5) is 0 Å². The molecule has 0 amide bonds. The molecule has 2 rings (SSSR count). The summed E-state index contributed by atoms with van der Waals surface area (Å²) in [7, 11) is 0. The SMILES string of the molecule is CCOC(=O)c1nn[n+]([O-])cc1-c1ccccc1. The van der Waals surface area contributed by atoms with Gasteiger partial charge in [-0.3, -0.25) is 0 Å². The van der Waals surface area contributed by atoms with Crippen molar-refractivity contribution in [1.82, 2.24) is 10.3 Å². The van der Waals surface area contributed by atoms with Gasteiger partial charge in [0, 0.05) is 0 Å². The quantitative estimate of drug-likeness (QED) is 0.457. The lowest BCUT2D eigenvalue weighted by Gasteiger charge is -2.04. The maximum absolute atomic E-state index is 11.7. The largest absolute Gasteiger partial charge is 0.691 e. The van der Waals surface area contributed by atoms with E-state index in [4.69, 9.17) is 4.74 Å². The topological polar surface area (TPSA) is 79.0 Å². The first-order valence-electron chi connectivity index (χ1n) is 5.42. The number of ether oxygens (including phenoxy) is 1. The van der Waals surface area contributed by atoms with E-state index in [0.717, 1.165) is 0 Å². The lowest BCUT2D eigenvalue weighted by molar-refractivity contribution is -0.674. The van der Waals surface area contributed by atoms with Crippen LogP contribution >= 0.6 is 0 Å². The van der Waals surface area contributed by atoms with Crippen molar-refractivity contribution in [3.05, 3.63) is 47.4 Å². The van der Waals surface area contributed by atoms with Gasteiger partial charge in [0.1, 0.15) is 11.4 Å². The van der Waals surface area contributed by atoms with Gasteiger partial charge in [-0.2, -0.15) is 0 Å². The fourth-order valence-electron chi connectivity index (χ4n) is 1.52. The molecule has 2 aromatic rings. The van der Waals surface area contributed by atoms with E-state index < -0.39 is 5.97 Å². The summed E-state index contributed by atoms with van der Waals surface area (Å²) in [6.45, 7) is 1.94. The van der Waals surface area contributed by atoms with Gasteiger partial charge in [0.25, 0.3) is 5.69 Å². The van der Waals surface area contributed by atoms with Crippen molar-refractivity contribution < 1.29 is 14.4 Å². The number of carbonyl (C=O) groups is 1. The fourth-order valence-corrected chi connectivity index (χ4v) is 1.52. The van der Waals surface area contributed by atoms with E-state index in [0.29, 0.717) is 16.0 Å². The number of hydrogen-bond acceptors (Lipinski definition) is 5. The molecule has 0 spiro atoms. The fraction of sp³-hybridized carbons (Fsp3) is 0.167. The Hall–Kier alpha value is -2.50. The Labute approximate surface area is 103 Å². The van der Waals surface area contributed by atoms with E-state index in [9.17, 15) is 10.0 Å². The summed E-state index contributed by atoms with van der Waals surface area (Å²) in [5.41, 5.74) is 1.15. The third-order valence-electron chi connectivity index (χ3n) is 2.28. The van der Waals surface area contributed by atoms with Crippen molar-refractivity contribution in [3.8, 4) is 11.1 Å². The van der Waals surface area contributed by atoms with Crippen LogP contribution in [0.25, 0.3) is 11.1 Å². The molecule has 92 valence electrons. The van der Waals surface area contributed by atoms with Crippen LogP contribution in [0.2, 0.25) is 0 Å². The van der Waals surface area contributed by atoms with Gasteiger partial charge in [0.05, 0.1) is 17.3 Å². The van der Waals surface area contributed by atoms with E-state index in [1.54, 1.807) is 31.2 Å². The van der Waals surface area contributed by atoms with E-state index in [1.165, 1.54) is 6.20 Å². The molecule has 0 saturated carbocycles. The minimum Gasteiger partial charge on any atom is -0.691 e. The number of esters is 1. The minimum absolute atomic E-state index is 0.0372. The molecule has 0 aliphatic rings. The standard InChI is InChI=1S/C12H11N3O3/c1-2-18-12(16)11-10(8-15(17)14-13-11)9-6-4-3-5-7-9/h3-8H,2H2,1H3. The van der Waals surface area contributed by atoms with Crippen LogP contribution in [0.5, 0.6) is 0 Å². The number of carbonyl (C=O) groups excluding carboxylic acids is 1. The molecule has 6 heteroatoms. The molecule has 0 radical (unpaired) electrons. The highest BCUT2D eigenvalue weighted by molar-refractivity contribution is 5.94. The van der Waals surface area contributed by atoms with Gasteiger partial charge in [-0.05, 0) is 12.5 Å². The van der Waals surface area contributed by atoms with Gasteiger partial charge in [0.15, 0.2) is 0 Å². The predicted octanol–water partition coefficient (Wildman–Crippen LogP) is 0.954. The van der Waals surface area contributed by atoms with Crippen molar-refractivity contribution >= 4 is 5.97 Å². The highest BCUT2D eigenvalue weighted by Gasteiger charge is 2.23. The molecule has 0 fully saturated rings. The summed E-state index contributed by atoms with van der Waals surface area (Å²) in [5.74, 6) is -0.593. The van der Waals surface area contributed by atoms with Gasteiger partial charge in [-0.15, -0.1) is 4.85 Å². The van der Waals surface area contributed by atoms with E-state index in [-0.39, 0.29) is 12.3 Å². The van der Waals surface area contributed by atoms with E-state index in [2.05, 4.69) is 10.3 Å². The van der Waals surface area contributed by atoms with Crippen LogP contribution in [0.3, 0.4) is 0 Å². The molecule has 1 aromatic carbocycles. The van der Waals surface area contributed by atoms with Gasteiger partial charge < -0.3 is 9.94 Å². The molecule has 0 bridgehead atoms. The van der Waals surface area contributed by atoms with Gasteiger partial charge in [0.2, 0.25) is 0 Å². The Kier molecular flexibility index (Phi) is 3.47. The molecule has 0 saturated heterocycles. The second-order valence-corrected chi connectivity index (χ2v) is 3.47. The Bertz CT molecular complexity index is 558. The average molecular weight is 245 g/mol. The number of benzene rings is 1. The van der Waals surface area contributed by atoms with Crippen LogP contribution in [0.1, 0.15) is 17.4 Å².